The first-order valence-corrected chi connectivity index (χ1v) is 10.7. The molecule has 0 aromatic heterocycles. The van der Waals surface area contributed by atoms with E-state index in [1.165, 1.54) is 41.9 Å². The standard InChI is InChI=1S/C21H16F3N3O5S/c22-16-9-14(10-17(23)18(16)24)11-1-3-12(4-2-11)19(21(29)27-30)26-20(28)13-5-7-15(8-6-13)33(25,31)32/h1-10,19,30H,(H,26,28)(H,27,29)(H2,25,31,32). The molecule has 8 nitrogen and oxygen atoms in total. The average molecular weight is 479 g/mol. The van der Waals surface area contributed by atoms with Gasteiger partial charge >= 0.3 is 0 Å². The minimum Gasteiger partial charge on any atom is -0.336 e. The molecule has 0 saturated carbocycles. The summed E-state index contributed by atoms with van der Waals surface area (Å²) in [6.45, 7) is 0. The Morgan fingerprint density at radius 3 is 1.91 bits per heavy atom. The third-order valence-electron chi connectivity index (χ3n) is 4.65. The number of benzene rings is 3. The molecular formula is C21H16F3N3O5S. The highest BCUT2D eigenvalue weighted by atomic mass is 32.2. The van der Waals surface area contributed by atoms with Crippen molar-refractivity contribution in [2.45, 2.75) is 10.9 Å². The third kappa shape index (κ3) is 5.37. The summed E-state index contributed by atoms with van der Waals surface area (Å²) >= 11 is 0. The second-order valence-electron chi connectivity index (χ2n) is 6.83. The zero-order valence-electron chi connectivity index (χ0n) is 16.6. The summed E-state index contributed by atoms with van der Waals surface area (Å²) in [4.78, 5) is 24.5. The molecule has 2 amide bonds. The average Bonchev–Trinajstić information content (AvgIpc) is 2.79. The van der Waals surface area contributed by atoms with Gasteiger partial charge in [0.15, 0.2) is 17.5 Å². The number of carbonyl (C=O) groups excluding carboxylic acids is 2. The van der Waals surface area contributed by atoms with E-state index in [1.54, 1.807) is 0 Å². The maximum Gasteiger partial charge on any atom is 0.270 e. The van der Waals surface area contributed by atoms with E-state index in [0.717, 1.165) is 24.3 Å². The minimum atomic E-state index is -3.96. The molecule has 0 aliphatic carbocycles. The van der Waals surface area contributed by atoms with Gasteiger partial charge in [-0.25, -0.2) is 32.2 Å². The van der Waals surface area contributed by atoms with Gasteiger partial charge in [0.05, 0.1) is 4.90 Å². The highest BCUT2D eigenvalue weighted by Gasteiger charge is 2.24. The molecule has 1 unspecified atom stereocenters. The van der Waals surface area contributed by atoms with Gasteiger partial charge in [-0.2, -0.15) is 0 Å². The van der Waals surface area contributed by atoms with Crippen LogP contribution in [0.2, 0.25) is 0 Å². The Bertz CT molecular complexity index is 1290. The summed E-state index contributed by atoms with van der Waals surface area (Å²) in [6, 6.07) is 10.3. The number of primary sulfonamides is 1. The van der Waals surface area contributed by atoms with Crippen molar-refractivity contribution in [1.29, 1.82) is 0 Å². The Morgan fingerprint density at radius 2 is 1.42 bits per heavy atom. The second-order valence-corrected chi connectivity index (χ2v) is 8.39. The maximum absolute atomic E-state index is 13.5. The first-order valence-electron chi connectivity index (χ1n) is 9.14. The molecule has 5 N–H and O–H groups in total. The van der Waals surface area contributed by atoms with Gasteiger partial charge in [-0.1, -0.05) is 24.3 Å². The summed E-state index contributed by atoms with van der Waals surface area (Å²) < 4.78 is 62.8. The van der Waals surface area contributed by atoms with Crippen LogP contribution in [0.3, 0.4) is 0 Å². The van der Waals surface area contributed by atoms with E-state index in [1.807, 2.05) is 0 Å². The summed E-state index contributed by atoms with van der Waals surface area (Å²) in [5.74, 6) is -6.10. The van der Waals surface area contributed by atoms with Crippen LogP contribution in [-0.2, 0) is 14.8 Å². The molecule has 0 aliphatic rings. The quantitative estimate of drug-likeness (QED) is 0.244. The molecule has 3 aromatic carbocycles. The third-order valence-corrected chi connectivity index (χ3v) is 5.58. The van der Waals surface area contributed by atoms with E-state index in [0.29, 0.717) is 5.56 Å². The molecule has 3 aromatic rings. The van der Waals surface area contributed by atoms with Crippen molar-refractivity contribution in [3.05, 3.63) is 89.2 Å². The zero-order valence-corrected chi connectivity index (χ0v) is 17.4. The van der Waals surface area contributed by atoms with Crippen LogP contribution in [0.15, 0.2) is 65.6 Å². The molecule has 0 bridgehead atoms. The summed E-state index contributed by atoms with van der Waals surface area (Å²) in [7, 11) is -3.96. The Kier molecular flexibility index (Phi) is 6.81. The topological polar surface area (TPSA) is 139 Å². The van der Waals surface area contributed by atoms with Gasteiger partial charge in [-0.15, -0.1) is 0 Å². The largest absolute Gasteiger partial charge is 0.336 e. The molecule has 12 heteroatoms. The van der Waals surface area contributed by atoms with E-state index in [2.05, 4.69) is 5.32 Å². The van der Waals surface area contributed by atoms with Crippen LogP contribution in [0.4, 0.5) is 13.2 Å². The number of hydrogen-bond donors (Lipinski definition) is 4. The number of nitrogens with one attached hydrogen (secondary N) is 2. The van der Waals surface area contributed by atoms with Crippen molar-refractivity contribution in [3.8, 4) is 11.1 Å². The van der Waals surface area contributed by atoms with E-state index in [-0.39, 0.29) is 21.6 Å². The number of carbonyl (C=O) groups is 2. The van der Waals surface area contributed by atoms with Gasteiger partial charge in [0, 0.05) is 5.56 Å². The Hall–Kier alpha value is -3.74. The van der Waals surface area contributed by atoms with E-state index >= 15 is 0 Å². The molecule has 0 aliphatic heterocycles. The van der Waals surface area contributed by atoms with Crippen LogP contribution in [0, 0.1) is 17.5 Å². The predicted octanol–water partition coefficient (Wildman–Crippen LogP) is 2.39. The normalized spacial score (nSPS) is 12.2. The molecular weight excluding hydrogens is 463 g/mol. The molecule has 1 atom stereocenters. The molecule has 0 saturated heterocycles. The number of halogens is 3. The van der Waals surface area contributed by atoms with Crippen LogP contribution in [0.1, 0.15) is 22.0 Å². The van der Waals surface area contributed by atoms with Gasteiger partial charge in [0.2, 0.25) is 10.0 Å². The van der Waals surface area contributed by atoms with Crippen molar-refractivity contribution in [2.75, 3.05) is 0 Å². The molecule has 0 fully saturated rings. The molecule has 172 valence electrons. The van der Waals surface area contributed by atoms with Crippen LogP contribution >= 0.6 is 0 Å². The van der Waals surface area contributed by atoms with Crippen molar-refractivity contribution in [2.24, 2.45) is 5.14 Å². The fourth-order valence-corrected chi connectivity index (χ4v) is 3.48. The summed E-state index contributed by atoms with van der Waals surface area (Å²) in [5, 5.41) is 16.4. The summed E-state index contributed by atoms with van der Waals surface area (Å²) in [6.07, 6.45) is 0. The van der Waals surface area contributed by atoms with Crippen molar-refractivity contribution < 1.29 is 36.4 Å². The highest BCUT2D eigenvalue weighted by molar-refractivity contribution is 7.89. The smallest absolute Gasteiger partial charge is 0.270 e. The number of nitrogens with two attached hydrogens (primary N) is 1. The Balaban J connectivity index is 1.86. The summed E-state index contributed by atoms with van der Waals surface area (Å²) in [5.41, 5.74) is 1.97. The van der Waals surface area contributed by atoms with Crippen molar-refractivity contribution >= 4 is 21.8 Å². The first-order chi connectivity index (χ1) is 15.5. The van der Waals surface area contributed by atoms with E-state index in [9.17, 15) is 31.2 Å². The Morgan fingerprint density at radius 1 is 0.879 bits per heavy atom. The zero-order chi connectivity index (χ0) is 24.3. The fraction of sp³-hybridized carbons (Fsp3) is 0.0476. The lowest BCUT2D eigenvalue weighted by atomic mass is 9.99. The van der Waals surface area contributed by atoms with Gasteiger partial charge in [-0.3, -0.25) is 14.8 Å². The van der Waals surface area contributed by atoms with Gasteiger partial charge < -0.3 is 5.32 Å². The number of amides is 2. The van der Waals surface area contributed by atoms with Gasteiger partial charge in [-0.05, 0) is 53.1 Å². The lowest BCUT2D eigenvalue weighted by molar-refractivity contribution is -0.131. The fourth-order valence-electron chi connectivity index (χ4n) is 2.97. The van der Waals surface area contributed by atoms with Gasteiger partial charge in [0.1, 0.15) is 6.04 Å². The van der Waals surface area contributed by atoms with Crippen LogP contribution in [0.25, 0.3) is 11.1 Å². The number of sulfonamides is 1. The molecule has 3 rings (SSSR count). The lowest BCUT2D eigenvalue weighted by Gasteiger charge is -2.18. The molecule has 0 heterocycles. The second kappa shape index (κ2) is 9.40. The van der Waals surface area contributed by atoms with Crippen LogP contribution in [0.5, 0.6) is 0 Å². The van der Waals surface area contributed by atoms with Crippen LogP contribution in [-0.4, -0.2) is 25.4 Å². The van der Waals surface area contributed by atoms with Gasteiger partial charge in [0.25, 0.3) is 11.8 Å². The lowest BCUT2D eigenvalue weighted by Crippen LogP contribution is -2.39. The molecule has 0 radical (unpaired) electrons. The first kappa shape index (κ1) is 23.9. The van der Waals surface area contributed by atoms with Crippen molar-refractivity contribution in [3.63, 3.8) is 0 Å². The molecule has 33 heavy (non-hydrogen) atoms. The monoisotopic (exact) mass is 479 g/mol. The predicted molar refractivity (Wildman–Crippen MR) is 110 cm³/mol. The minimum absolute atomic E-state index is 0.00650. The van der Waals surface area contributed by atoms with E-state index in [4.69, 9.17) is 10.3 Å². The number of hydroxylamine groups is 1. The number of hydrogen-bond acceptors (Lipinski definition) is 5. The SMILES string of the molecule is NS(=O)(=O)c1ccc(C(=O)NC(C(=O)NO)c2ccc(-c3cc(F)c(F)c(F)c3)cc2)cc1. The van der Waals surface area contributed by atoms with Crippen LogP contribution < -0.4 is 15.9 Å². The highest BCUT2D eigenvalue weighted by Crippen LogP contribution is 2.26. The number of rotatable bonds is 6. The molecule has 0 spiro atoms. The van der Waals surface area contributed by atoms with E-state index < -0.39 is 45.3 Å². The van der Waals surface area contributed by atoms with Crippen molar-refractivity contribution in [1.82, 2.24) is 10.8 Å². The maximum atomic E-state index is 13.5. The Labute approximate surface area is 185 Å².